The van der Waals surface area contributed by atoms with Crippen LogP contribution < -0.4 is 5.32 Å². The lowest BCUT2D eigenvalue weighted by Crippen LogP contribution is -2.41. The third-order valence-electron chi connectivity index (χ3n) is 5.53. The molecule has 1 saturated heterocycles. The van der Waals surface area contributed by atoms with Crippen LogP contribution in [0.25, 0.3) is 0 Å². The minimum absolute atomic E-state index is 0.0622. The average molecular weight is 476 g/mol. The number of carbonyl (C=O) groups is 2. The Morgan fingerprint density at radius 1 is 1.22 bits per heavy atom. The summed E-state index contributed by atoms with van der Waals surface area (Å²) in [7, 11) is 0. The molecule has 0 spiro atoms. The van der Waals surface area contributed by atoms with Gasteiger partial charge in [0.25, 0.3) is 5.91 Å². The lowest BCUT2D eigenvalue weighted by Gasteiger charge is -2.31. The number of likely N-dealkylation sites (tertiary alicyclic amines) is 1. The fraction of sp³-hybridized carbons (Fsp3) is 0.364. The van der Waals surface area contributed by atoms with Gasteiger partial charge < -0.3 is 10.2 Å². The third-order valence-corrected chi connectivity index (χ3v) is 6.79. The smallest absolute Gasteiger partial charge is 0.258 e. The molecule has 3 aromatic rings. The number of hydrogen-bond acceptors (Lipinski definition) is 5. The SMILES string of the molecule is Cc1csc(NC(=O)C2CCN(C(=O)c3c(C)nn(Cc4ccc(F)cc4)c3Cl)CC2)n1. The predicted molar refractivity (Wildman–Crippen MR) is 122 cm³/mol. The van der Waals surface area contributed by atoms with E-state index in [2.05, 4.69) is 15.4 Å². The summed E-state index contributed by atoms with van der Waals surface area (Å²) < 4.78 is 14.7. The van der Waals surface area contributed by atoms with Crippen molar-refractivity contribution in [2.45, 2.75) is 33.2 Å². The number of nitrogens with zero attached hydrogens (tertiary/aromatic N) is 4. The van der Waals surface area contributed by atoms with E-state index in [9.17, 15) is 14.0 Å². The Labute approximate surface area is 194 Å². The fourth-order valence-corrected chi connectivity index (χ4v) is 4.79. The number of piperidine rings is 1. The summed E-state index contributed by atoms with van der Waals surface area (Å²) >= 11 is 7.91. The molecule has 0 aliphatic carbocycles. The van der Waals surface area contributed by atoms with E-state index < -0.39 is 0 Å². The summed E-state index contributed by atoms with van der Waals surface area (Å²) in [5.74, 6) is -0.729. The number of thiazole rings is 1. The van der Waals surface area contributed by atoms with Gasteiger partial charge in [-0.3, -0.25) is 9.59 Å². The minimum Gasteiger partial charge on any atom is -0.338 e. The zero-order chi connectivity index (χ0) is 22.8. The molecule has 1 aliphatic heterocycles. The van der Waals surface area contributed by atoms with Crippen molar-refractivity contribution in [3.8, 4) is 0 Å². The highest BCUT2D eigenvalue weighted by Gasteiger charge is 2.31. The van der Waals surface area contributed by atoms with Gasteiger partial charge in [-0.15, -0.1) is 11.3 Å². The monoisotopic (exact) mass is 475 g/mol. The van der Waals surface area contributed by atoms with E-state index in [4.69, 9.17) is 11.6 Å². The number of aryl methyl sites for hydroxylation is 2. The molecule has 1 fully saturated rings. The van der Waals surface area contributed by atoms with Gasteiger partial charge in [0.2, 0.25) is 5.91 Å². The van der Waals surface area contributed by atoms with Crippen LogP contribution in [0.3, 0.4) is 0 Å². The van der Waals surface area contributed by atoms with Gasteiger partial charge >= 0.3 is 0 Å². The maximum Gasteiger partial charge on any atom is 0.258 e. The average Bonchev–Trinajstić information content (AvgIpc) is 3.31. The molecule has 0 atom stereocenters. The first-order valence-corrected chi connectivity index (χ1v) is 11.6. The molecule has 4 rings (SSSR count). The van der Waals surface area contributed by atoms with E-state index in [1.54, 1.807) is 28.6 Å². The van der Waals surface area contributed by atoms with E-state index in [0.29, 0.717) is 48.9 Å². The Morgan fingerprint density at radius 2 is 1.91 bits per heavy atom. The fourth-order valence-electron chi connectivity index (χ4n) is 3.79. The first kappa shape index (κ1) is 22.4. The standard InChI is InChI=1S/C22H23ClFN5O2S/c1-13-12-32-22(25-13)26-20(30)16-7-9-28(10-8-16)21(31)18-14(2)27-29(19(18)23)11-15-3-5-17(24)6-4-15/h3-6,12,16H,7-11H2,1-2H3,(H,25,26,30). The molecule has 2 aromatic heterocycles. The summed E-state index contributed by atoms with van der Waals surface area (Å²) in [6.07, 6.45) is 1.14. The van der Waals surface area contributed by atoms with Crippen molar-refractivity contribution in [2.75, 3.05) is 18.4 Å². The topological polar surface area (TPSA) is 80.1 Å². The second-order valence-corrected chi connectivity index (χ2v) is 9.10. The molecule has 1 N–H and O–H groups in total. The van der Waals surface area contributed by atoms with Crippen LogP contribution in [0.5, 0.6) is 0 Å². The van der Waals surface area contributed by atoms with E-state index in [0.717, 1.165) is 11.3 Å². The lowest BCUT2D eigenvalue weighted by molar-refractivity contribution is -0.121. The molecule has 0 saturated carbocycles. The highest BCUT2D eigenvalue weighted by atomic mass is 35.5. The van der Waals surface area contributed by atoms with E-state index in [1.165, 1.54) is 23.5 Å². The molecule has 2 amide bonds. The molecular weight excluding hydrogens is 453 g/mol. The number of hydrogen-bond donors (Lipinski definition) is 1. The summed E-state index contributed by atoms with van der Waals surface area (Å²) in [6, 6.07) is 6.07. The van der Waals surface area contributed by atoms with Crippen molar-refractivity contribution in [3.05, 3.63) is 63.1 Å². The molecule has 168 valence electrons. The molecule has 0 bridgehead atoms. The van der Waals surface area contributed by atoms with Crippen LogP contribution in [0.15, 0.2) is 29.6 Å². The van der Waals surface area contributed by atoms with Crippen LogP contribution in [0.2, 0.25) is 5.15 Å². The van der Waals surface area contributed by atoms with Crippen LogP contribution in [-0.4, -0.2) is 44.6 Å². The van der Waals surface area contributed by atoms with Crippen molar-refractivity contribution in [1.29, 1.82) is 0 Å². The van der Waals surface area contributed by atoms with Crippen LogP contribution in [0.1, 0.15) is 40.2 Å². The Balaban J connectivity index is 1.39. The predicted octanol–water partition coefficient (Wildman–Crippen LogP) is 4.29. The van der Waals surface area contributed by atoms with Gasteiger partial charge in [-0.2, -0.15) is 5.10 Å². The highest BCUT2D eigenvalue weighted by molar-refractivity contribution is 7.13. The van der Waals surface area contributed by atoms with Gasteiger partial charge in [0.05, 0.1) is 23.5 Å². The summed E-state index contributed by atoms with van der Waals surface area (Å²) in [6.45, 7) is 4.90. The molecule has 7 nitrogen and oxygen atoms in total. The summed E-state index contributed by atoms with van der Waals surface area (Å²) in [5.41, 5.74) is 2.62. The first-order valence-electron chi connectivity index (χ1n) is 10.3. The number of halogens is 2. The van der Waals surface area contributed by atoms with Crippen LogP contribution in [0.4, 0.5) is 9.52 Å². The minimum atomic E-state index is -0.314. The first-order chi connectivity index (χ1) is 15.3. The van der Waals surface area contributed by atoms with Gasteiger partial charge in [0.15, 0.2) is 5.13 Å². The van der Waals surface area contributed by atoms with E-state index >= 15 is 0 Å². The Hall–Kier alpha value is -2.78. The molecule has 32 heavy (non-hydrogen) atoms. The number of aromatic nitrogens is 3. The normalized spacial score (nSPS) is 14.6. The van der Waals surface area contributed by atoms with Crippen molar-refractivity contribution >= 4 is 39.9 Å². The molecule has 3 heterocycles. The van der Waals surface area contributed by atoms with Crippen molar-refractivity contribution in [1.82, 2.24) is 19.7 Å². The Bertz CT molecular complexity index is 1140. The number of nitrogens with one attached hydrogen (secondary N) is 1. The van der Waals surface area contributed by atoms with Crippen LogP contribution >= 0.6 is 22.9 Å². The maximum absolute atomic E-state index is 13.2. The van der Waals surface area contributed by atoms with Crippen LogP contribution in [-0.2, 0) is 11.3 Å². The number of amides is 2. The third kappa shape index (κ3) is 4.83. The Morgan fingerprint density at radius 3 is 2.53 bits per heavy atom. The molecular formula is C22H23ClFN5O2S. The second-order valence-electron chi connectivity index (χ2n) is 7.89. The molecule has 0 unspecified atom stereocenters. The lowest BCUT2D eigenvalue weighted by atomic mass is 9.95. The molecule has 1 aliphatic rings. The van der Waals surface area contributed by atoms with Gasteiger partial charge in [-0.1, -0.05) is 23.7 Å². The van der Waals surface area contributed by atoms with Gasteiger partial charge in [-0.05, 0) is 44.4 Å². The summed E-state index contributed by atoms with van der Waals surface area (Å²) in [5, 5.41) is 10.0. The van der Waals surface area contributed by atoms with Crippen molar-refractivity contribution in [2.24, 2.45) is 5.92 Å². The number of carbonyl (C=O) groups excluding carboxylic acids is 2. The zero-order valence-electron chi connectivity index (χ0n) is 17.8. The zero-order valence-corrected chi connectivity index (χ0v) is 19.3. The number of anilines is 1. The maximum atomic E-state index is 13.2. The van der Waals surface area contributed by atoms with Gasteiger partial charge in [0, 0.05) is 24.4 Å². The van der Waals surface area contributed by atoms with Crippen molar-refractivity contribution < 1.29 is 14.0 Å². The molecule has 0 radical (unpaired) electrons. The second kappa shape index (κ2) is 9.38. The molecule has 1 aromatic carbocycles. The van der Waals surface area contributed by atoms with Crippen LogP contribution in [0, 0.1) is 25.6 Å². The molecule has 10 heteroatoms. The highest BCUT2D eigenvalue weighted by Crippen LogP contribution is 2.26. The van der Waals surface area contributed by atoms with Gasteiger partial charge in [0.1, 0.15) is 11.0 Å². The Kier molecular flexibility index (Phi) is 6.57. The van der Waals surface area contributed by atoms with E-state index in [1.807, 2.05) is 12.3 Å². The van der Waals surface area contributed by atoms with Gasteiger partial charge in [-0.25, -0.2) is 14.1 Å². The quantitative estimate of drug-likeness (QED) is 0.597. The van der Waals surface area contributed by atoms with Crippen molar-refractivity contribution in [3.63, 3.8) is 0 Å². The number of rotatable bonds is 5. The largest absolute Gasteiger partial charge is 0.338 e. The number of benzene rings is 1. The summed E-state index contributed by atoms with van der Waals surface area (Å²) in [4.78, 5) is 31.7. The van der Waals surface area contributed by atoms with E-state index in [-0.39, 0.29) is 28.7 Å².